The van der Waals surface area contributed by atoms with Crippen LogP contribution in [0, 0.1) is 5.82 Å². The summed E-state index contributed by atoms with van der Waals surface area (Å²) in [6.07, 6.45) is -3.55. The molecule has 0 unspecified atom stereocenters. The summed E-state index contributed by atoms with van der Waals surface area (Å²) in [7, 11) is 2.10. The van der Waals surface area contributed by atoms with E-state index in [0.717, 1.165) is 85.1 Å². The van der Waals surface area contributed by atoms with Gasteiger partial charge in [-0.25, -0.2) is 9.37 Å². The van der Waals surface area contributed by atoms with Gasteiger partial charge in [0, 0.05) is 43.9 Å². The van der Waals surface area contributed by atoms with Crippen molar-refractivity contribution in [1.82, 2.24) is 24.6 Å². The number of piperazine rings is 1. The molecule has 0 radical (unpaired) electrons. The molecule has 1 aliphatic heterocycles. The Morgan fingerprint density at radius 1 is 0.929 bits per heavy atom. The number of likely N-dealkylation sites (N-methyl/N-ethyl adjacent to an activating group) is 1. The number of hydrogen-bond acceptors (Lipinski definition) is 7. The largest absolute Gasteiger partial charge is 0.416 e. The third-order valence-corrected chi connectivity index (χ3v) is 8.25. The van der Waals surface area contributed by atoms with E-state index < -0.39 is 11.7 Å². The number of aromatic nitrogens is 4. The van der Waals surface area contributed by atoms with E-state index >= 15 is 0 Å². The van der Waals surface area contributed by atoms with Crippen LogP contribution in [0.15, 0.2) is 60.7 Å². The molecule has 12 heteroatoms. The Kier molecular flexibility index (Phi) is 7.58. The average Bonchev–Trinajstić information content (AvgIpc) is 3.58. The maximum Gasteiger partial charge on any atom is 0.416 e. The second-order valence-corrected chi connectivity index (χ2v) is 11.3. The fourth-order valence-electron chi connectivity index (χ4n) is 5.17. The number of nitrogens with zero attached hydrogens (tertiary/aromatic N) is 6. The first-order valence-electron chi connectivity index (χ1n) is 13.7. The van der Waals surface area contributed by atoms with Crippen molar-refractivity contribution >= 4 is 38.9 Å². The van der Waals surface area contributed by atoms with Crippen molar-refractivity contribution in [3.63, 3.8) is 0 Å². The quantitative estimate of drug-likeness (QED) is 0.200. The lowest BCUT2D eigenvalue weighted by atomic mass is 10.1. The van der Waals surface area contributed by atoms with Gasteiger partial charge in [-0.05, 0) is 62.0 Å². The molecular weight excluding hydrogens is 566 g/mol. The van der Waals surface area contributed by atoms with E-state index in [-0.39, 0.29) is 5.82 Å². The van der Waals surface area contributed by atoms with Crippen molar-refractivity contribution in [2.24, 2.45) is 0 Å². The standard InChI is InChI=1S/C30H29F4N7S/c1-3-11-41-26-18-25(40-14-12-39(2)13-15-40)23(17-24(26)35-27(41)19-7-9-22(31)10-8-19)36-29-38-37-28(42-29)20-5-4-6-21(16-20)30(32,33)34/h4-10,16-18H,3,11-15H2,1-2H3,(H,36,38). The topological polar surface area (TPSA) is 62.1 Å². The Bertz CT molecular complexity index is 1700. The Labute approximate surface area is 244 Å². The van der Waals surface area contributed by atoms with Gasteiger partial charge in [0.15, 0.2) is 0 Å². The number of hydrogen-bond donors (Lipinski definition) is 1. The fraction of sp³-hybridized carbons (Fsp3) is 0.300. The minimum atomic E-state index is -4.44. The molecule has 0 spiro atoms. The number of aryl methyl sites for hydroxylation is 1. The van der Waals surface area contributed by atoms with E-state index in [2.05, 4.69) is 49.9 Å². The number of imidazole rings is 1. The minimum Gasteiger partial charge on any atom is -0.367 e. The molecule has 1 N–H and O–H groups in total. The predicted octanol–water partition coefficient (Wildman–Crippen LogP) is 7.29. The highest BCUT2D eigenvalue weighted by Gasteiger charge is 2.31. The predicted molar refractivity (Wildman–Crippen MR) is 159 cm³/mol. The lowest BCUT2D eigenvalue weighted by molar-refractivity contribution is -0.137. The van der Waals surface area contributed by atoms with Crippen LogP contribution >= 0.6 is 11.3 Å². The zero-order valence-electron chi connectivity index (χ0n) is 23.1. The molecule has 0 bridgehead atoms. The Hall–Kier alpha value is -4.03. The van der Waals surface area contributed by atoms with E-state index in [1.807, 2.05) is 6.07 Å². The second kappa shape index (κ2) is 11.3. The first-order chi connectivity index (χ1) is 20.2. The summed E-state index contributed by atoms with van der Waals surface area (Å²) in [4.78, 5) is 9.55. The molecule has 1 fully saturated rings. The molecule has 0 atom stereocenters. The molecule has 3 aromatic carbocycles. The maximum atomic E-state index is 13.7. The van der Waals surface area contributed by atoms with Crippen LogP contribution in [0.4, 0.5) is 34.1 Å². The molecule has 5 aromatic rings. The van der Waals surface area contributed by atoms with Crippen molar-refractivity contribution in [3.05, 3.63) is 72.0 Å². The van der Waals surface area contributed by atoms with Gasteiger partial charge in [0.1, 0.15) is 16.6 Å². The molecule has 1 aliphatic rings. The lowest BCUT2D eigenvalue weighted by Gasteiger charge is -2.35. The SMILES string of the molecule is CCCn1c(-c2ccc(F)cc2)nc2cc(Nc3nnc(-c4cccc(C(F)(F)F)c4)s3)c(N3CCN(C)CC3)cc21. The first-order valence-corrected chi connectivity index (χ1v) is 14.5. The van der Waals surface area contributed by atoms with Gasteiger partial charge in [0.25, 0.3) is 0 Å². The van der Waals surface area contributed by atoms with Gasteiger partial charge in [-0.1, -0.05) is 30.4 Å². The van der Waals surface area contributed by atoms with E-state index in [1.165, 1.54) is 29.5 Å². The van der Waals surface area contributed by atoms with Crippen LogP contribution < -0.4 is 10.2 Å². The van der Waals surface area contributed by atoms with Gasteiger partial charge in [0.05, 0.1) is 28.0 Å². The van der Waals surface area contributed by atoms with Crippen molar-refractivity contribution in [1.29, 1.82) is 0 Å². The summed E-state index contributed by atoms with van der Waals surface area (Å²) >= 11 is 1.19. The third-order valence-electron chi connectivity index (χ3n) is 7.36. The number of rotatable bonds is 7. The molecule has 7 nitrogen and oxygen atoms in total. The van der Waals surface area contributed by atoms with E-state index in [4.69, 9.17) is 4.98 Å². The van der Waals surface area contributed by atoms with Crippen LogP contribution in [0.1, 0.15) is 18.9 Å². The zero-order chi connectivity index (χ0) is 29.4. The lowest BCUT2D eigenvalue weighted by Crippen LogP contribution is -2.44. The van der Waals surface area contributed by atoms with Crippen molar-refractivity contribution in [2.75, 3.05) is 43.4 Å². The summed E-state index contributed by atoms with van der Waals surface area (Å²) in [5.74, 6) is 0.457. The van der Waals surface area contributed by atoms with E-state index in [9.17, 15) is 17.6 Å². The highest BCUT2D eigenvalue weighted by Crippen LogP contribution is 2.38. The van der Waals surface area contributed by atoms with Crippen LogP contribution in [0.2, 0.25) is 0 Å². The fourth-order valence-corrected chi connectivity index (χ4v) is 5.92. The van der Waals surface area contributed by atoms with Crippen LogP contribution in [0.3, 0.4) is 0 Å². The summed E-state index contributed by atoms with van der Waals surface area (Å²) in [5, 5.41) is 12.7. The molecular formula is C30H29F4N7S. The molecule has 3 heterocycles. The summed E-state index contributed by atoms with van der Waals surface area (Å²) in [6.45, 7) is 6.32. The number of alkyl halides is 3. The van der Waals surface area contributed by atoms with Crippen LogP contribution in [-0.4, -0.2) is 57.9 Å². The monoisotopic (exact) mass is 595 g/mol. The minimum absolute atomic E-state index is 0.303. The summed E-state index contributed by atoms with van der Waals surface area (Å²) in [6, 6.07) is 15.6. The van der Waals surface area contributed by atoms with Gasteiger partial charge in [-0.3, -0.25) is 0 Å². The Balaban J connectivity index is 1.41. The maximum absolute atomic E-state index is 13.7. The van der Waals surface area contributed by atoms with Crippen LogP contribution in [-0.2, 0) is 12.7 Å². The van der Waals surface area contributed by atoms with Gasteiger partial charge in [-0.15, -0.1) is 10.2 Å². The van der Waals surface area contributed by atoms with Gasteiger partial charge in [0.2, 0.25) is 5.13 Å². The highest BCUT2D eigenvalue weighted by molar-refractivity contribution is 7.18. The third kappa shape index (κ3) is 5.68. The van der Waals surface area contributed by atoms with Crippen molar-refractivity contribution in [3.8, 4) is 22.0 Å². The number of nitrogens with one attached hydrogen (secondary N) is 1. The molecule has 1 saturated heterocycles. The highest BCUT2D eigenvalue weighted by atomic mass is 32.1. The smallest absolute Gasteiger partial charge is 0.367 e. The zero-order valence-corrected chi connectivity index (χ0v) is 23.9. The molecule has 0 saturated carbocycles. The Morgan fingerprint density at radius 2 is 1.69 bits per heavy atom. The van der Waals surface area contributed by atoms with Gasteiger partial charge in [-0.2, -0.15) is 13.2 Å². The van der Waals surface area contributed by atoms with E-state index in [0.29, 0.717) is 15.7 Å². The molecule has 6 rings (SSSR count). The molecule has 218 valence electrons. The molecule has 0 amide bonds. The molecule has 2 aromatic heterocycles. The summed E-state index contributed by atoms with van der Waals surface area (Å²) in [5.41, 5.74) is 3.95. The number of fused-ring (bicyclic) bond motifs is 1. The number of halogens is 4. The van der Waals surface area contributed by atoms with Crippen molar-refractivity contribution in [2.45, 2.75) is 26.1 Å². The number of benzene rings is 3. The second-order valence-electron chi connectivity index (χ2n) is 10.4. The number of anilines is 3. The molecule has 0 aliphatic carbocycles. The molecule has 42 heavy (non-hydrogen) atoms. The van der Waals surface area contributed by atoms with Crippen molar-refractivity contribution < 1.29 is 17.6 Å². The normalized spacial score (nSPS) is 14.6. The van der Waals surface area contributed by atoms with Crippen LogP contribution in [0.25, 0.3) is 33.0 Å². The van der Waals surface area contributed by atoms with Gasteiger partial charge >= 0.3 is 6.18 Å². The first kappa shape index (κ1) is 28.1. The van der Waals surface area contributed by atoms with E-state index in [1.54, 1.807) is 18.2 Å². The Morgan fingerprint density at radius 3 is 2.40 bits per heavy atom. The van der Waals surface area contributed by atoms with Gasteiger partial charge < -0.3 is 19.7 Å². The summed E-state index contributed by atoms with van der Waals surface area (Å²) < 4.78 is 55.7. The van der Waals surface area contributed by atoms with Crippen LogP contribution in [0.5, 0.6) is 0 Å². The average molecular weight is 596 g/mol.